The summed E-state index contributed by atoms with van der Waals surface area (Å²) in [4.78, 5) is 11.2. The van der Waals surface area contributed by atoms with Gasteiger partial charge in [-0.25, -0.2) is 9.48 Å². The predicted octanol–water partition coefficient (Wildman–Crippen LogP) is 1.39. The van der Waals surface area contributed by atoms with Crippen molar-refractivity contribution in [1.82, 2.24) is 15.0 Å². The normalized spacial score (nSPS) is 11.4. The SMILES string of the molecule is Cc1cccc(C(=O)O)c1NS(=O)(=O)c1c(Br)nnn1C. The third-order valence-corrected chi connectivity index (χ3v) is 4.97. The van der Waals surface area contributed by atoms with Gasteiger partial charge in [-0.2, -0.15) is 8.42 Å². The van der Waals surface area contributed by atoms with Gasteiger partial charge in [-0.3, -0.25) is 4.72 Å². The number of aromatic carboxylic acids is 1. The number of rotatable bonds is 4. The largest absolute Gasteiger partial charge is 0.478 e. The van der Waals surface area contributed by atoms with Crippen molar-refractivity contribution in [2.45, 2.75) is 11.9 Å². The molecule has 21 heavy (non-hydrogen) atoms. The minimum Gasteiger partial charge on any atom is -0.478 e. The van der Waals surface area contributed by atoms with Gasteiger partial charge < -0.3 is 5.11 Å². The Morgan fingerprint density at radius 2 is 2.10 bits per heavy atom. The molecule has 0 saturated carbocycles. The fourth-order valence-corrected chi connectivity index (χ4v) is 4.02. The molecule has 10 heteroatoms. The van der Waals surface area contributed by atoms with Crippen LogP contribution in [-0.2, 0) is 17.1 Å². The molecule has 0 spiro atoms. The van der Waals surface area contributed by atoms with E-state index in [2.05, 4.69) is 31.0 Å². The first-order valence-corrected chi connectivity index (χ1v) is 7.92. The van der Waals surface area contributed by atoms with E-state index in [4.69, 9.17) is 5.11 Å². The summed E-state index contributed by atoms with van der Waals surface area (Å²) in [7, 11) is -2.61. The molecule has 0 atom stereocenters. The summed E-state index contributed by atoms with van der Waals surface area (Å²) < 4.78 is 28.2. The van der Waals surface area contributed by atoms with Crippen LogP contribution in [0.3, 0.4) is 0 Å². The third-order valence-electron chi connectivity index (χ3n) is 2.73. The van der Waals surface area contributed by atoms with Gasteiger partial charge >= 0.3 is 5.97 Å². The molecule has 0 aliphatic heterocycles. The van der Waals surface area contributed by atoms with E-state index in [0.717, 1.165) is 4.68 Å². The number of carboxylic acid groups (broad SMARTS) is 1. The average molecular weight is 375 g/mol. The van der Waals surface area contributed by atoms with Crippen LogP contribution in [0.25, 0.3) is 0 Å². The zero-order valence-corrected chi connectivity index (χ0v) is 13.4. The Labute approximate surface area is 129 Å². The Hall–Kier alpha value is -1.94. The summed E-state index contributed by atoms with van der Waals surface area (Å²) >= 11 is 3.00. The van der Waals surface area contributed by atoms with Crippen LogP contribution in [0, 0.1) is 6.92 Å². The Morgan fingerprint density at radius 3 is 2.62 bits per heavy atom. The summed E-state index contributed by atoms with van der Waals surface area (Å²) in [5.74, 6) is -1.22. The maximum absolute atomic E-state index is 12.4. The highest BCUT2D eigenvalue weighted by atomic mass is 79.9. The molecule has 0 unspecified atom stereocenters. The fourth-order valence-electron chi connectivity index (χ4n) is 1.77. The summed E-state index contributed by atoms with van der Waals surface area (Å²) in [5.41, 5.74) is 0.368. The predicted molar refractivity (Wildman–Crippen MR) is 77.6 cm³/mol. The van der Waals surface area contributed by atoms with Crippen molar-refractivity contribution >= 4 is 37.6 Å². The van der Waals surface area contributed by atoms with Crippen LogP contribution in [0.4, 0.5) is 5.69 Å². The number of sulfonamides is 1. The lowest BCUT2D eigenvalue weighted by Gasteiger charge is -2.13. The van der Waals surface area contributed by atoms with Gasteiger partial charge in [-0.15, -0.1) is 5.10 Å². The van der Waals surface area contributed by atoms with Gasteiger partial charge in [-0.05, 0) is 34.5 Å². The van der Waals surface area contributed by atoms with Crippen LogP contribution in [0.5, 0.6) is 0 Å². The minimum absolute atomic E-state index is 0.0121. The van der Waals surface area contributed by atoms with E-state index in [9.17, 15) is 13.2 Å². The first-order chi connectivity index (χ1) is 9.74. The Balaban J connectivity index is 2.55. The number of benzene rings is 1. The van der Waals surface area contributed by atoms with E-state index < -0.39 is 16.0 Å². The minimum atomic E-state index is -4.03. The molecule has 2 N–H and O–H groups in total. The van der Waals surface area contributed by atoms with Crippen molar-refractivity contribution < 1.29 is 18.3 Å². The van der Waals surface area contributed by atoms with E-state index in [1.54, 1.807) is 13.0 Å². The highest BCUT2D eigenvalue weighted by Crippen LogP contribution is 2.26. The van der Waals surface area contributed by atoms with Crippen LogP contribution < -0.4 is 4.72 Å². The molecular weight excluding hydrogens is 364 g/mol. The molecule has 0 aliphatic carbocycles. The van der Waals surface area contributed by atoms with Gasteiger partial charge in [0.1, 0.15) is 0 Å². The second-order valence-corrected chi connectivity index (χ2v) is 6.57. The molecule has 8 nitrogen and oxygen atoms in total. The topological polar surface area (TPSA) is 114 Å². The van der Waals surface area contributed by atoms with Crippen LogP contribution in [0.1, 0.15) is 15.9 Å². The number of carbonyl (C=O) groups is 1. The highest BCUT2D eigenvalue weighted by molar-refractivity contribution is 9.10. The van der Waals surface area contributed by atoms with Crippen molar-refractivity contribution in [1.29, 1.82) is 0 Å². The van der Waals surface area contributed by atoms with Crippen molar-refractivity contribution in [3.63, 3.8) is 0 Å². The zero-order valence-electron chi connectivity index (χ0n) is 11.0. The molecule has 0 bridgehead atoms. The van der Waals surface area contributed by atoms with Crippen LogP contribution >= 0.6 is 15.9 Å². The van der Waals surface area contributed by atoms with Crippen molar-refractivity contribution in [2.75, 3.05) is 4.72 Å². The molecule has 0 saturated heterocycles. The van der Waals surface area contributed by atoms with Gasteiger partial charge in [0.05, 0.1) is 11.3 Å². The van der Waals surface area contributed by atoms with E-state index in [0.29, 0.717) is 5.56 Å². The number of nitrogens with zero attached hydrogens (tertiary/aromatic N) is 3. The van der Waals surface area contributed by atoms with E-state index in [1.165, 1.54) is 19.2 Å². The van der Waals surface area contributed by atoms with Crippen LogP contribution in [-0.4, -0.2) is 34.5 Å². The standard InChI is InChI=1S/C11H11BrN4O4S/c1-6-4-3-5-7(11(17)18)8(6)14-21(19,20)10-9(12)13-15-16(10)2/h3-5,14H,1-2H3,(H,17,18). The lowest BCUT2D eigenvalue weighted by molar-refractivity contribution is 0.0698. The molecule has 2 rings (SSSR count). The number of hydrogen-bond donors (Lipinski definition) is 2. The lowest BCUT2D eigenvalue weighted by atomic mass is 10.1. The van der Waals surface area contributed by atoms with Crippen molar-refractivity contribution in [3.8, 4) is 0 Å². The number of aromatic nitrogens is 3. The van der Waals surface area contributed by atoms with Crippen molar-refractivity contribution in [2.24, 2.45) is 7.05 Å². The van der Waals surface area contributed by atoms with Gasteiger partial charge in [-0.1, -0.05) is 17.3 Å². The maximum Gasteiger partial charge on any atom is 0.337 e. The fraction of sp³-hybridized carbons (Fsp3) is 0.182. The molecule has 2 aromatic rings. The summed E-state index contributed by atoms with van der Waals surface area (Å²) in [6, 6.07) is 4.47. The summed E-state index contributed by atoms with van der Waals surface area (Å²) in [6.07, 6.45) is 0. The number of para-hydroxylation sites is 1. The molecule has 0 amide bonds. The smallest absolute Gasteiger partial charge is 0.337 e. The quantitative estimate of drug-likeness (QED) is 0.835. The number of carboxylic acids is 1. The second-order valence-electron chi connectivity index (χ2n) is 4.22. The average Bonchev–Trinajstić information content (AvgIpc) is 2.71. The first kappa shape index (κ1) is 15.4. The van der Waals surface area contributed by atoms with E-state index in [1.807, 2.05) is 0 Å². The maximum atomic E-state index is 12.4. The molecule has 0 fully saturated rings. The third kappa shape index (κ3) is 2.90. The molecule has 0 radical (unpaired) electrons. The molecule has 1 aromatic carbocycles. The number of aryl methyl sites for hydroxylation is 2. The Morgan fingerprint density at radius 1 is 1.43 bits per heavy atom. The van der Waals surface area contributed by atoms with Gasteiger partial charge in [0.25, 0.3) is 10.0 Å². The lowest BCUT2D eigenvalue weighted by Crippen LogP contribution is -2.19. The van der Waals surface area contributed by atoms with Crippen molar-refractivity contribution in [3.05, 3.63) is 33.9 Å². The van der Waals surface area contributed by atoms with Crippen LogP contribution in [0.15, 0.2) is 27.8 Å². The molecule has 112 valence electrons. The summed E-state index contributed by atoms with van der Waals surface area (Å²) in [6.45, 7) is 1.61. The number of hydrogen-bond acceptors (Lipinski definition) is 5. The second kappa shape index (κ2) is 5.45. The van der Waals surface area contributed by atoms with Gasteiger partial charge in [0.2, 0.25) is 5.03 Å². The number of anilines is 1. The number of halogens is 1. The van der Waals surface area contributed by atoms with E-state index >= 15 is 0 Å². The summed E-state index contributed by atoms with van der Waals surface area (Å²) in [5, 5.41) is 16.1. The molecule has 1 aromatic heterocycles. The van der Waals surface area contributed by atoms with Gasteiger partial charge in [0.15, 0.2) is 4.60 Å². The van der Waals surface area contributed by atoms with E-state index in [-0.39, 0.29) is 20.9 Å². The molecular formula is C11H11BrN4O4S. The zero-order chi connectivity index (χ0) is 15.8. The first-order valence-electron chi connectivity index (χ1n) is 5.65. The monoisotopic (exact) mass is 374 g/mol. The Bertz CT molecular complexity index is 796. The van der Waals surface area contributed by atoms with Gasteiger partial charge in [0, 0.05) is 7.05 Å². The molecule has 0 aliphatic rings. The highest BCUT2D eigenvalue weighted by Gasteiger charge is 2.26. The Kier molecular flexibility index (Phi) is 4.01. The van der Waals surface area contributed by atoms with Crippen LogP contribution in [0.2, 0.25) is 0 Å². The molecule has 1 heterocycles. The number of nitrogens with one attached hydrogen (secondary N) is 1.